The molecule has 0 bridgehead atoms. The third kappa shape index (κ3) is 4.73. The van der Waals surface area contributed by atoms with Gasteiger partial charge >= 0.3 is 11.9 Å². The lowest BCUT2D eigenvalue weighted by Gasteiger charge is -2.13. The van der Waals surface area contributed by atoms with Gasteiger partial charge in [0, 0.05) is 0 Å². The van der Waals surface area contributed by atoms with E-state index in [1.54, 1.807) is 12.1 Å². The Labute approximate surface area is 113 Å². The highest BCUT2D eigenvalue weighted by Gasteiger charge is 2.28. The Hall–Kier alpha value is -1.84. The molecule has 0 saturated heterocycles. The molecule has 0 aromatic heterocycles. The van der Waals surface area contributed by atoms with Crippen LogP contribution >= 0.6 is 0 Å². The molecular formula is C15H20O4. The number of esters is 2. The van der Waals surface area contributed by atoms with Crippen LogP contribution in [0.4, 0.5) is 0 Å². The first-order chi connectivity index (χ1) is 9.08. The molecule has 104 valence electrons. The zero-order valence-corrected chi connectivity index (χ0v) is 11.6. The molecule has 4 nitrogen and oxygen atoms in total. The van der Waals surface area contributed by atoms with Gasteiger partial charge < -0.3 is 9.47 Å². The number of unbranched alkanes of at least 4 members (excludes halogenated alkanes) is 1. The van der Waals surface area contributed by atoms with Gasteiger partial charge in [-0.05, 0) is 25.5 Å². The van der Waals surface area contributed by atoms with Gasteiger partial charge in [-0.15, -0.1) is 0 Å². The van der Waals surface area contributed by atoms with Gasteiger partial charge in [-0.2, -0.15) is 0 Å². The summed E-state index contributed by atoms with van der Waals surface area (Å²) in [7, 11) is 1.28. The minimum atomic E-state index is -0.841. The Morgan fingerprint density at radius 2 is 1.79 bits per heavy atom. The van der Waals surface area contributed by atoms with Crippen LogP contribution in [0.5, 0.6) is 5.75 Å². The monoisotopic (exact) mass is 264 g/mol. The summed E-state index contributed by atoms with van der Waals surface area (Å²) in [6, 6.07) is 7.12. The van der Waals surface area contributed by atoms with Crippen molar-refractivity contribution >= 4 is 11.9 Å². The van der Waals surface area contributed by atoms with Crippen molar-refractivity contribution in [1.29, 1.82) is 0 Å². The predicted molar refractivity (Wildman–Crippen MR) is 71.8 cm³/mol. The molecular weight excluding hydrogens is 244 g/mol. The van der Waals surface area contributed by atoms with Gasteiger partial charge in [0.1, 0.15) is 5.75 Å². The van der Waals surface area contributed by atoms with Crippen LogP contribution in [0.25, 0.3) is 0 Å². The van der Waals surface area contributed by atoms with Crippen molar-refractivity contribution in [3.8, 4) is 5.75 Å². The van der Waals surface area contributed by atoms with E-state index in [2.05, 4.69) is 4.74 Å². The van der Waals surface area contributed by atoms with Crippen molar-refractivity contribution in [2.45, 2.75) is 33.1 Å². The summed E-state index contributed by atoms with van der Waals surface area (Å²) in [5.41, 5.74) is 1.08. The number of ether oxygens (including phenoxy) is 2. The maximum absolute atomic E-state index is 12.0. The minimum Gasteiger partial charge on any atom is -0.468 e. The average molecular weight is 264 g/mol. The quantitative estimate of drug-likeness (QED) is 0.450. The molecule has 0 saturated carbocycles. The maximum Gasteiger partial charge on any atom is 0.325 e. The summed E-state index contributed by atoms with van der Waals surface area (Å²) >= 11 is 0. The van der Waals surface area contributed by atoms with Crippen molar-refractivity contribution < 1.29 is 19.1 Å². The summed E-state index contributed by atoms with van der Waals surface area (Å²) in [4.78, 5) is 23.6. The second-order valence-electron chi connectivity index (χ2n) is 4.45. The highest BCUT2D eigenvalue weighted by Crippen LogP contribution is 2.17. The highest BCUT2D eigenvalue weighted by atomic mass is 16.6. The van der Waals surface area contributed by atoms with Crippen molar-refractivity contribution in [1.82, 2.24) is 0 Å². The van der Waals surface area contributed by atoms with E-state index in [0.717, 1.165) is 18.4 Å². The van der Waals surface area contributed by atoms with E-state index in [-0.39, 0.29) is 0 Å². The van der Waals surface area contributed by atoms with Crippen molar-refractivity contribution in [2.24, 2.45) is 5.92 Å². The first-order valence-electron chi connectivity index (χ1n) is 6.44. The van der Waals surface area contributed by atoms with E-state index in [1.165, 1.54) is 7.11 Å². The van der Waals surface area contributed by atoms with E-state index in [0.29, 0.717) is 12.2 Å². The molecule has 0 N–H and O–H groups in total. The number of aryl methyl sites for hydroxylation is 1. The van der Waals surface area contributed by atoms with Gasteiger partial charge in [0.2, 0.25) is 0 Å². The highest BCUT2D eigenvalue weighted by molar-refractivity contribution is 5.95. The number of hydrogen-bond donors (Lipinski definition) is 0. The molecule has 19 heavy (non-hydrogen) atoms. The van der Waals surface area contributed by atoms with Crippen LogP contribution in [0.3, 0.4) is 0 Å². The van der Waals surface area contributed by atoms with E-state index < -0.39 is 17.9 Å². The fraction of sp³-hybridized carbons (Fsp3) is 0.467. The predicted octanol–water partition coefficient (Wildman–Crippen LogP) is 2.88. The molecule has 1 aromatic rings. The molecule has 0 fully saturated rings. The summed E-state index contributed by atoms with van der Waals surface area (Å²) in [5, 5.41) is 0. The standard InChI is InChI=1S/C15H20O4/c1-4-5-6-13(14(16)18-3)15(17)19-12-9-7-11(2)8-10-12/h7-10,13H,4-6H2,1-3H3. The van der Waals surface area contributed by atoms with Crippen molar-refractivity contribution in [2.75, 3.05) is 7.11 Å². The number of carbonyl (C=O) groups excluding carboxylic acids is 2. The van der Waals surface area contributed by atoms with Crippen LogP contribution in [0.1, 0.15) is 31.7 Å². The third-order valence-electron chi connectivity index (χ3n) is 2.86. The Morgan fingerprint density at radius 3 is 2.32 bits per heavy atom. The molecule has 1 atom stereocenters. The van der Waals surface area contributed by atoms with E-state index >= 15 is 0 Å². The number of hydrogen-bond acceptors (Lipinski definition) is 4. The Morgan fingerprint density at radius 1 is 1.16 bits per heavy atom. The van der Waals surface area contributed by atoms with Crippen LogP contribution < -0.4 is 4.74 Å². The molecule has 0 aliphatic carbocycles. The van der Waals surface area contributed by atoms with Crippen LogP contribution in [-0.4, -0.2) is 19.0 Å². The van der Waals surface area contributed by atoms with Crippen LogP contribution in [0.15, 0.2) is 24.3 Å². The lowest BCUT2D eigenvalue weighted by Crippen LogP contribution is -2.29. The van der Waals surface area contributed by atoms with Crippen LogP contribution in [-0.2, 0) is 14.3 Å². The fourth-order valence-corrected chi connectivity index (χ4v) is 1.68. The number of benzene rings is 1. The van der Waals surface area contributed by atoms with Gasteiger partial charge in [-0.1, -0.05) is 37.5 Å². The zero-order chi connectivity index (χ0) is 14.3. The lowest BCUT2D eigenvalue weighted by molar-refractivity contribution is -0.155. The molecule has 0 amide bonds. The van der Waals surface area contributed by atoms with E-state index in [4.69, 9.17) is 4.74 Å². The number of carbonyl (C=O) groups is 2. The number of methoxy groups -OCH3 is 1. The first kappa shape index (κ1) is 15.2. The molecule has 1 unspecified atom stereocenters. The average Bonchev–Trinajstić information content (AvgIpc) is 2.41. The summed E-state index contributed by atoms with van der Waals surface area (Å²) in [6.07, 6.45) is 2.14. The third-order valence-corrected chi connectivity index (χ3v) is 2.86. The largest absolute Gasteiger partial charge is 0.468 e. The van der Waals surface area contributed by atoms with Gasteiger partial charge in [0.25, 0.3) is 0 Å². The topological polar surface area (TPSA) is 52.6 Å². The molecule has 0 radical (unpaired) electrons. The normalized spacial score (nSPS) is 11.7. The summed E-state index contributed by atoms with van der Waals surface area (Å²) in [5.74, 6) is -1.48. The molecule has 1 rings (SSSR count). The summed E-state index contributed by atoms with van der Waals surface area (Å²) < 4.78 is 9.86. The minimum absolute atomic E-state index is 0.445. The van der Waals surface area contributed by atoms with Gasteiger partial charge in [-0.25, -0.2) is 0 Å². The fourth-order valence-electron chi connectivity index (χ4n) is 1.68. The Bertz CT molecular complexity index is 422. The van der Waals surface area contributed by atoms with E-state index in [9.17, 15) is 9.59 Å². The Balaban J connectivity index is 2.70. The SMILES string of the molecule is CCCCC(C(=O)OC)C(=O)Oc1ccc(C)cc1. The van der Waals surface area contributed by atoms with Gasteiger partial charge in [-0.3, -0.25) is 9.59 Å². The molecule has 0 spiro atoms. The Kier molecular flexibility index (Phi) is 6.06. The van der Waals surface area contributed by atoms with Crippen LogP contribution in [0, 0.1) is 12.8 Å². The van der Waals surface area contributed by atoms with Gasteiger partial charge in [0.05, 0.1) is 7.11 Å². The van der Waals surface area contributed by atoms with Crippen LogP contribution in [0.2, 0.25) is 0 Å². The second-order valence-corrected chi connectivity index (χ2v) is 4.45. The molecule has 4 heteroatoms. The zero-order valence-electron chi connectivity index (χ0n) is 11.6. The molecule has 0 aliphatic heterocycles. The molecule has 0 heterocycles. The maximum atomic E-state index is 12.0. The molecule has 1 aromatic carbocycles. The lowest BCUT2D eigenvalue weighted by atomic mass is 10.0. The summed E-state index contributed by atoms with van der Waals surface area (Å²) in [6.45, 7) is 3.95. The number of rotatable bonds is 6. The second kappa shape index (κ2) is 7.56. The first-order valence-corrected chi connectivity index (χ1v) is 6.44. The van der Waals surface area contributed by atoms with Crippen molar-refractivity contribution in [3.05, 3.63) is 29.8 Å². The smallest absolute Gasteiger partial charge is 0.325 e. The van der Waals surface area contributed by atoms with Crippen molar-refractivity contribution in [3.63, 3.8) is 0 Å². The van der Waals surface area contributed by atoms with Gasteiger partial charge in [0.15, 0.2) is 5.92 Å². The molecule has 0 aliphatic rings. The van der Waals surface area contributed by atoms with E-state index in [1.807, 2.05) is 26.0 Å².